The molecule has 1 amide bonds. The van der Waals surface area contributed by atoms with E-state index in [0.29, 0.717) is 0 Å². The van der Waals surface area contributed by atoms with Crippen LogP contribution in [0.5, 0.6) is 11.5 Å². The van der Waals surface area contributed by atoms with Gasteiger partial charge in [-0.15, -0.1) is 0 Å². The molecule has 0 aliphatic carbocycles. The van der Waals surface area contributed by atoms with Crippen LogP contribution in [0.4, 0.5) is 13.2 Å². The van der Waals surface area contributed by atoms with E-state index < -0.39 is 40.4 Å². The van der Waals surface area contributed by atoms with Crippen LogP contribution in [-0.4, -0.2) is 31.6 Å². The standard InChI is InChI=1S/C21H19F3N4O4/c1-10-4-5-13(8-11(10)2)28-20(32)17(18(27-28)21(22,23)24)12(3)25-26-19(31)15-7-6-14(29)9-16(15)30/h4-9,27,29-30H,1-3H3,(H,26,31)/b25-12-. The first kappa shape index (κ1) is 22.7. The summed E-state index contributed by atoms with van der Waals surface area (Å²) in [7, 11) is 0. The van der Waals surface area contributed by atoms with Gasteiger partial charge in [-0.2, -0.15) is 18.3 Å². The number of nitrogens with zero attached hydrogens (tertiary/aromatic N) is 2. The number of aromatic hydroxyl groups is 2. The molecule has 0 saturated heterocycles. The lowest BCUT2D eigenvalue weighted by atomic mass is 10.1. The molecule has 0 fully saturated rings. The van der Waals surface area contributed by atoms with Gasteiger partial charge in [0.1, 0.15) is 11.5 Å². The van der Waals surface area contributed by atoms with Gasteiger partial charge in [-0.25, -0.2) is 10.1 Å². The zero-order valence-corrected chi connectivity index (χ0v) is 17.2. The first-order chi connectivity index (χ1) is 14.9. The summed E-state index contributed by atoms with van der Waals surface area (Å²) in [6, 6.07) is 7.92. The highest BCUT2D eigenvalue weighted by Gasteiger charge is 2.39. The number of benzene rings is 2. The molecule has 3 aromatic rings. The number of aryl methyl sites for hydroxylation is 2. The smallest absolute Gasteiger partial charge is 0.433 e. The van der Waals surface area contributed by atoms with Gasteiger partial charge in [0.2, 0.25) is 0 Å². The number of nitrogens with one attached hydrogen (secondary N) is 2. The van der Waals surface area contributed by atoms with Crippen LogP contribution in [0.25, 0.3) is 5.69 Å². The van der Waals surface area contributed by atoms with Crippen molar-refractivity contribution >= 4 is 11.6 Å². The Hall–Kier alpha value is -4.02. The first-order valence-electron chi connectivity index (χ1n) is 9.27. The molecule has 168 valence electrons. The van der Waals surface area contributed by atoms with Crippen molar-refractivity contribution in [3.05, 3.63) is 74.7 Å². The molecule has 0 unspecified atom stereocenters. The number of aromatic amines is 1. The number of alkyl halides is 3. The molecule has 0 aliphatic heterocycles. The molecule has 2 aromatic carbocycles. The highest BCUT2D eigenvalue weighted by Crippen LogP contribution is 2.30. The Kier molecular flexibility index (Phi) is 5.84. The van der Waals surface area contributed by atoms with Gasteiger partial charge in [0.05, 0.1) is 22.5 Å². The third-order valence-electron chi connectivity index (χ3n) is 4.84. The minimum absolute atomic E-state index is 0.209. The molecule has 3 rings (SSSR count). The molecule has 0 saturated carbocycles. The number of carbonyl (C=O) groups is 1. The molecule has 0 spiro atoms. The van der Waals surface area contributed by atoms with E-state index in [0.717, 1.165) is 40.9 Å². The largest absolute Gasteiger partial charge is 0.508 e. The Morgan fingerprint density at radius 1 is 1.09 bits per heavy atom. The number of halogens is 3. The SMILES string of the molecule is C/C(=N/NC(=O)c1ccc(O)cc1O)c1c(C(F)(F)F)[nH]n(-c2ccc(C)c(C)c2)c1=O. The van der Waals surface area contributed by atoms with E-state index >= 15 is 0 Å². The van der Waals surface area contributed by atoms with E-state index in [1.54, 1.807) is 19.1 Å². The number of rotatable bonds is 4. The maximum atomic E-state index is 13.6. The van der Waals surface area contributed by atoms with Crippen LogP contribution in [0, 0.1) is 13.8 Å². The summed E-state index contributed by atoms with van der Waals surface area (Å²) in [5, 5.41) is 24.7. The van der Waals surface area contributed by atoms with E-state index in [1.165, 1.54) is 6.07 Å². The minimum atomic E-state index is -4.89. The Morgan fingerprint density at radius 3 is 2.38 bits per heavy atom. The highest BCUT2D eigenvalue weighted by molar-refractivity contribution is 6.02. The molecule has 1 aromatic heterocycles. The Balaban J connectivity index is 2.03. The van der Waals surface area contributed by atoms with Crippen LogP contribution in [0.2, 0.25) is 0 Å². The van der Waals surface area contributed by atoms with Crippen LogP contribution in [0.3, 0.4) is 0 Å². The summed E-state index contributed by atoms with van der Waals surface area (Å²) < 4.78 is 41.7. The van der Waals surface area contributed by atoms with Crippen molar-refractivity contribution in [1.82, 2.24) is 15.2 Å². The van der Waals surface area contributed by atoms with Gasteiger partial charge in [-0.1, -0.05) is 6.07 Å². The zero-order chi connectivity index (χ0) is 23.8. The third kappa shape index (κ3) is 4.36. The summed E-state index contributed by atoms with van der Waals surface area (Å²) in [6.45, 7) is 4.73. The van der Waals surface area contributed by atoms with Gasteiger partial charge in [0.15, 0.2) is 5.69 Å². The fourth-order valence-corrected chi connectivity index (χ4v) is 2.99. The predicted octanol–water partition coefficient (Wildman–Crippen LogP) is 3.37. The number of phenolic OH excluding ortho intramolecular Hbond substituents is 2. The number of phenols is 2. The quantitative estimate of drug-likeness (QED) is 0.361. The van der Waals surface area contributed by atoms with Gasteiger partial charge in [-0.3, -0.25) is 14.7 Å². The van der Waals surface area contributed by atoms with Crippen molar-refractivity contribution in [2.75, 3.05) is 0 Å². The maximum Gasteiger partial charge on any atom is 0.433 e. The third-order valence-corrected chi connectivity index (χ3v) is 4.84. The summed E-state index contributed by atoms with van der Waals surface area (Å²) >= 11 is 0. The average Bonchev–Trinajstić information content (AvgIpc) is 3.05. The molecular formula is C21H19F3N4O4. The van der Waals surface area contributed by atoms with Crippen LogP contribution in [-0.2, 0) is 6.18 Å². The molecule has 0 aliphatic rings. The number of aromatic nitrogens is 2. The second kappa shape index (κ2) is 8.25. The molecule has 8 nitrogen and oxygen atoms in total. The van der Waals surface area contributed by atoms with Crippen LogP contribution in [0.15, 0.2) is 46.3 Å². The summed E-state index contributed by atoms with van der Waals surface area (Å²) in [5.41, 5.74) is 0.171. The summed E-state index contributed by atoms with van der Waals surface area (Å²) in [6.07, 6.45) is -4.89. The summed E-state index contributed by atoms with van der Waals surface area (Å²) in [5.74, 6) is -1.78. The zero-order valence-electron chi connectivity index (χ0n) is 17.2. The van der Waals surface area contributed by atoms with Crippen molar-refractivity contribution in [3.8, 4) is 17.2 Å². The minimum Gasteiger partial charge on any atom is -0.508 e. The van der Waals surface area contributed by atoms with E-state index in [4.69, 9.17) is 0 Å². The fraction of sp³-hybridized carbons (Fsp3) is 0.190. The van der Waals surface area contributed by atoms with Crippen LogP contribution < -0.4 is 11.0 Å². The molecule has 0 bridgehead atoms. The maximum absolute atomic E-state index is 13.6. The highest BCUT2D eigenvalue weighted by atomic mass is 19.4. The second-order valence-corrected chi connectivity index (χ2v) is 7.11. The van der Waals surface area contributed by atoms with Crippen molar-refractivity contribution < 1.29 is 28.2 Å². The molecule has 1 heterocycles. The monoisotopic (exact) mass is 448 g/mol. The van der Waals surface area contributed by atoms with Crippen molar-refractivity contribution in [3.63, 3.8) is 0 Å². The van der Waals surface area contributed by atoms with Crippen LogP contribution >= 0.6 is 0 Å². The van der Waals surface area contributed by atoms with E-state index in [9.17, 15) is 33.0 Å². The molecule has 0 radical (unpaired) electrons. The van der Waals surface area contributed by atoms with Crippen molar-refractivity contribution in [2.45, 2.75) is 26.9 Å². The number of hydrazone groups is 1. The molecule has 0 atom stereocenters. The number of amides is 1. The topological polar surface area (TPSA) is 120 Å². The van der Waals surface area contributed by atoms with E-state index in [1.807, 2.05) is 12.3 Å². The fourth-order valence-electron chi connectivity index (χ4n) is 2.99. The lowest BCUT2D eigenvalue weighted by Crippen LogP contribution is -2.24. The van der Waals surface area contributed by atoms with Gasteiger partial charge in [-0.05, 0) is 56.2 Å². The number of H-pyrrole nitrogens is 1. The van der Waals surface area contributed by atoms with E-state index in [-0.39, 0.29) is 17.0 Å². The lowest BCUT2D eigenvalue weighted by molar-refractivity contribution is -0.141. The van der Waals surface area contributed by atoms with Crippen LogP contribution in [0.1, 0.15) is 39.7 Å². The average molecular weight is 448 g/mol. The summed E-state index contributed by atoms with van der Waals surface area (Å²) in [4.78, 5) is 25.1. The molecular weight excluding hydrogens is 429 g/mol. The van der Waals surface area contributed by atoms with E-state index in [2.05, 4.69) is 10.2 Å². The number of hydrogen-bond donors (Lipinski definition) is 4. The van der Waals surface area contributed by atoms with Gasteiger partial charge >= 0.3 is 6.18 Å². The first-order valence-corrected chi connectivity index (χ1v) is 9.27. The second-order valence-electron chi connectivity index (χ2n) is 7.11. The predicted molar refractivity (Wildman–Crippen MR) is 110 cm³/mol. The Labute approximate surface area is 179 Å². The molecule has 11 heteroatoms. The number of hydrogen-bond acceptors (Lipinski definition) is 5. The Bertz CT molecular complexity index is 1290. The molecule has 4 N–H and O–H groups in total. The lowest BCUT2D eigenvalue weighted by Gasteiger charge is -2.07. The van der Waals surface area contributed by atoms with Crippen molar-refractivity contribution in [1.29, 1.82) is 0 Å². The van der Waals surface area contributed by atoms with Gasteiger partial charge in [0, 0.05) is 6.07 Å². The van der Waals surface area contributed by atoms with Crippen molar-refractivity contribution in [2.24, 2.45) is 5.10 Å². The van der Waals surface area contributed by atoms with Gasteiger partial charge < -0.3 is 10.2 Å². The number of carbonyl (C=O) groups excluding carboxylic acids is 1. The Morgan fingerprint density at radius 2 is 1.78 bits per heavy atom. The van der Waals surface area contributed by atoms with Gasteiger partial charge in [0.25, 0.3) is 11.5 Å². The molecule has 32 heavy (non-hydrogen) atoms. The normalized spacial score (nSPS) is 12.1.